The van der Waals surface area contributed by atoms with Crippen LogP contribution in [0, 0.1) is 6.92 Å². The smallest absolute Gasteiger partial charge is 0.0635 e. The maximum atomic E-state index is 6.04. The minimum absolute atomic E-state index is 0.0422. The topological polar surface area (TPSA) is 33.7 Å². The monoisotopic (exact) mass is 374 g/mol. The molecule has 2 fully saturated rings. The summed E-state index contributed by atoms with van der Waals surface area (Å²) in [5.41, 5.74) is 3.01. The summed E-state index contributed by atoms with van der Waals surface area (Å²) < 4.78 is 11.5. The SMILES string of the molecule is Cc1ccc(C2(CCNCCCN3CCOCC3)CCOC(C)(C)C2)cc1. The van der Waals surface area contributed by atoms with Gasteiger partial charge in [0.05, 0.1) is 18.8 Å². The predicted octanol–water partition coefficient (Wildman–Crippen LogP) is 3.52. The van der Waals surface area contributed by atoms with E-state index < -0.39 is 0 Å². The fraction of sp³-hybridized carbons (Fsp3) is 0.739. The molecule has 3 rings (SSSR count). The molecule has 0 radical (unpaired) electrons. The van der Waals surface area contributed by atoms with Gasteiger partial charge in [-0.1, -0.05) is 29.8 Å². The van der Waals surface area contributed by atoms with E-state index >= 15 is 0 Å². The average molecular weight is 375 g/mol. The Bertz CT molecular complexity index is 566. The van der Waals surface area contributed by atoms with E-state index in [1.807, 2.05) is 0 Å². The van der Waals surface area contributed by atoms with Crippen LogP contribution in [0.2, 0.25) is 0 Å². The zero-order valence-electron chi connectivity index (χ0n) is 17.6. The van der Waals surface area contributed by atoms with Crippen molar-refractivity contribution in [3.63, 3.8) is 0 Å². The molecule has 0 spiro atoms. The highest BCUT2D eigenvalue weighted by atomic mass is 16.5. The Morgan fingerprint density at radius 2 is 1.78 bits per heavy atom. The maximum Gasteiger partial charge on any atom is 0.0635 e. The van der Waals surface area contributed by atoms with Crippen LogP contribution in [0.3, 0.4) is 0 Å². The van der Waals surface area contributed by atoms with E-state index in [0.29, 0.717) is 0 Å². The van der Waals surface area contributed by atoms with Crippen LogP contribution in [0.4, 0.5) is 0 Å². The lowest BCUT2D eigenvalue weighted by Crippen LogP contribution is -2.45. The normalized spacial score (nSPS) is 26.2. The van der Waals surface area contributed by atoms with Gasteiger partial charge in [0.25, 0.3) is 0 Å². The highest BCUT2D eigenvalue weighted by Gasteiger charge is 2.41. The van der Waals surface area contributed by atoms with Gasteiger partial charge < -0.3 is 14.8 Å². The molecular formula is C23H38N2O2. The van der Waals surface area contributed by atoms with Crippen molar-refractivity contribution in [3.05, 3.63) is 35.4 Å². The molecular weight excluding hydrogens is 336 g/mol. The van der Waals surface area contributed by atoms with E-state index in [1.54, 1.807) is 0 Å². The third-order valence-corrected chi connectivity index (χ3v) is 6.21. The highest BCUT2D eigenvalue weighted by Crippen LogP contribution is 2.43. The number of aryl methyl sites for hydroxylation is 1. The summed E-state index contributed by atoms with van der Waals surface area (Å²) in [6.45, 7) is 14.8. The number of morpholine rings is 1. The lowest BCUT2D eigenvalue weighted by molar-refractivity contribution is -0.0839. The number of hydrogen-bond donors (Lipinski definition) is 1. The van der Waals surface area contributed by atoms with Gasteiger partial charge in [0.2, 0.25) is 0 Å². The molecule has 152 valence electrons. The first-order valence-corrected chi connectivity index (χ1v) is 10.7. The third kappa shape index (κ3) is 6.02. The van der Waals surface area contributed by atoms with Crippen LogP contribution in [0.5, 0.6) is 0 Å². The molecule has 27 heavy (non-hydrogen) atoms. The van der Waals surface area contributed by atoms with Crippen molar-refractivity contribution in [2.24, 2.45) is 0 Å². The van der Waals surface area contributed by atoms with Gasteiger partial charge in [-0.05, 0) is 71.7 Å². The Kier molecular flexibility index (Phi) is 7.32. The van der Waals surface area contributed by atoms with Crippen molar-refractivity contribution >= 4 is 0 Å². The maximum absolute atomic E-state index is 6.04. The summed E-state index contributed by atoms with van der Waals surface area (Å²) >= 11 is 0. The third-order valence-electron chi connectivity index (χ3n) is 6.21. The first-order valence-electron chi connectivity index (χ1n) is 10.7. The molecule has 0 saturated carbocycles. The van der Waals surface area contributed by atoms with E-state index in [-0.39, 0.29) is 11.0 Å². The second-order valence-corrected chi connectivity index (χ2v) is 8.99. The van der Waals surface area contributed by atoms with Crippen LogP contribution < -0.4 is 5.32 Å². The number of rotatable bonds is 8. The van der Waals surface area contributed by atoms with Gasteiger partial charge in [0.15, 0.2) is 0 Å². The first-order chi connectivity index (χ1) is 13.0. The molecule has 2 saturated heterocycles. The van der Waals surface area contributed by atoms with Crippen LogP contribution in [-0.2, 0) is 14.9 Å². The number of ether oxygens (including phenoxy) is 2. The van der Waals surface area contributed by atoms with Crippen LogP contribution in [0.15, 0.2) is 24.3 Å². The van der Waals surface area contributed by atoms with Gasteiger partial charge in [-0.2, -0.15) is 0 Å². The summed E-state index contributed by atoms with van der Waals surface area (Å²) in [6, 6.07) is 9.20. The number of nitrogens with one attached hydrogen (secondary N) is 1. The van der Waals surface area contributed by atoms with E-state index in [4.69, 9.17) is 9.47 Å². The molecule has 0 aromatic heterocycles. The van der Waals surface area contributed by atoms with E-state index in [2.05, 4.69) is 55.3 Å². The Hall–Kier alpha value is -0.940. The Labute approximate surface area is 165 Å². The molecule has 1 aromatic rings. The number of benzene rings is 1. The van der Waals surface area contributed by atoms with Crippen molar-refractivity contribution in [2.45, 2.75) is 57.5 Å². The lowest BCUT2D eigenvalue weighted by Gasteiger charge is -2.45. The van der Waals surface area contributed by atoms with Crippen LogP contribution in [0.25, 0.3) is 0 Å². The minimum atomic E-state index is -0.0422. The Morgan fingerprint density at radius 1 is 1.04 bits per heavy atom. The van der Waals surface area contributed by atoms with Crippen molar-refractivity contribution < 1.29 is 9.47 Å². The van der Waals surface area contributed by atoms with Crippen molar-refractivity contribution in [3.8, 4) is 0 Å². The molecule has 0 aliphatic carbocycles. The largest absolute Gasteiger partial charge is 0.379 e. The van der Waals surface area contributed by atoms with E-state index in [9.17, 15) is 0 Å². The van der Waals surface area contributed by atoms with Gasteiger partial charge >= 0.3 is 0 Å². The molecule has 2 heterocycles. The first kappa shape index (κ1) is 20.8. The minimum Gasteiger partial charge on any atom is -0.379 e. The van der Waals surface area contributed by atoms with Gasteiger partial charge in [0, 0.05) is 25.1 Å². The quantitative estimate of drug-likeness (QED) is 0.706. The molecule has 1 atom stereocenters. The molecule has 1 N–H and O–H groups in total. The molecule has 4 heteroatoms. The summed E-state index contributed by atoms with van der Waals surface area (Å²) in [4.78, 5) is 2.51. The number of nitrogens with zero attached hydrogens (tertiary/aromatic N) is 1. The van der Waals surface area contributed by atoms with Crippen molar-refractivity contribution in [1.82, 2.24) is 10.2 Å². The van der Waals surface area contributed by atoms with Crippen LogP contribution >= 0.6 is 0 Å². The van der Waals surface area contributed by atoms with Gasteiger partial charge in [-0.25, -0.2) is 0 Å². The standard InChI is InChI=1S/C23H38N2O2/c1-20-5-7-21(8-6-20)23(10-16-27-22(2,3)19-23)9-12-24-11-4-13-25-14-17-26-18-15-25/h5-8,24H,4,9-19H2,1-3H3. The molecule has 0 amide bonds. The second kappa shape index (κ2) is 9.51. The molecule has 4 nitrogen and oxygen atoms in total. The zero-order valence-corrected chi connectivity index (χ0v) is 17.6. The van der Waals surface area contributed by atoms with Gasteiger partial charge in [0.1, 0.15) is 0 Å². The molecule has 2 aliphatic heterocycles. The molecule has 0 bridgehead atoms. The predicted molar refractivity (Wildman–Crippen MR) is 111 cm³/mol. The van der Waals surface area contributed by atoms with Crippen molar-refractivity contribution in [1.29, 1.82) is 0 Å². The highest BCUT2D eigenvalue weighted by molar-refractivity contribution is 5.30. The summed E-state index contributed by atoms with van der Waals surface area (Å²) in [6.07, 6.45) is 4.61. The zero-order chi connectivity index (χ0) is 19.2. The summed E-state index contributed by atoms with van der Waals surface area (Å²) in [5.74, 6) is 0. The molecule has 2 aliphatic rings. The van der Waals surface area contributed by atoms with Crippen molar-refractivity contribution in [2.75, 3.05) is 52.5 Å². The summed E-state index contributed by atoms with van der Waals surface area (Å²) in [7, 11) is 0. The van der Waals surface area contributed by atoms with E-state index in [1.165, 1.54) is 30.5 Å². The van der Waals surface area contributed by atoms with Gasteiger partial charge in [-0.3, -0.25) is 4.90 Å². The van der Waals surface area contributed by atoms with Gasteiger partial charge in [-0.15, -0.1) is 0 Å². The lowest BCUT2D eigenvalue weighted by atomic mass is 9.67. The molecule has 1 aromatic carbocycles. The second-order valence-electron chi connectivity index (χ2n) is 8.99. The Morgan fingerprint density at radius 3 is 2.48 bits per heavy atom. The van der Waals surface area contributed by atoms with E-state index in [0.717, 1.165) is 58.8 Å². The number of hydrogen-bond acceptors (Lipinski definition) is 4. The Balaban J connectivity index is 1.50. The van der Waals surface area contributed by atoms with Crippen LogP contribution in [-0.4, -0.2) is 63.0 Å². The fourth-order valence-electron chi connectivity index (χ4n) is 4.69. The average Bonchev–Trinajstić information content (AvgIpc) is 2.65. The fourth-order valence-corrected chi connectivity index (χ4v) is 4.69. The molecule has 1 unspecified atom stereocenters. The summed E-state index contributed by atoms with van der Waals surface area (Å²) in [5, 5.41) is 3.71. The van der Waals surface area contributed by atoms with Crippen LogP contribution in [0.1, 0.15) is 50.7 Å².